The number of benzene rings is 1. The van der Waals surface area contributed by atoms with Gasteiger partial charge in [0.25, 0.3) is 0 Å². The van der Waals surface area contributed by atoms with Gasteiger partial charge in [-0.15, -0.1) is 0 Å². The fourth-order valence-corrected chi connectivity index (χ4v) is 5.47. The second-order valence-electron chi connectivity index (χ2n) is 8.02. The van der Waals surface area contributed by atoms with Crippen molar-refractivity contribution in [1.82, 2.24) is 4.90 Å². The number of hydrogen-bond donors (Lipinski definition) is 0. The van der Waals surface area contributed by atoms with Crippen molar-refractivity contribution < 1.29 is 14.3 Å². The van der Waals surface area contributed by atoms with Crippen LogP contribution in [0.1, 0.15) is 37.3 Å². The minimum atomic E-state index is -0.330. The van der Waals surface area contributed by atoms with Crippen LogP contribution < -0.4 is 9.47 Å². The maximum Gasteiger partial charge on any atom is 0.174 e. The molecular weight excluding hydrogens is 302 g/mol. The molecule has 1 saturated carbocycles. The molecule has 4 heteroatoms. The summed E-state index contributed by atoms with van der Waals surface area (Å²) >= 11 is 0. The topological polar surface area (TPSA) is 38.8 Å². The number of nitrogens with zero attached hydrogens (tertiary/aromatic N) is 1. The van der Waals surface area contributed by atoms with E-state index in [1.54, 1.807) is 7.11 Å². The number of ketones is 1. The van der Waals surface area contributed by atoms with Crippen LogP contribution >= 0.6 is 0 Å². The summed E-state index contributed by atoms with van der Waals surface area (Å²) in [7, 11) is 5.88. The molecule has 4 atom stereocenters. The fourth-order valence-electron chi connectivity index (χ4n) is 5.47. The number of ether oxygens (including phenoxy) is 2. The van der Waals surface area contributed by atoms with E-state index in [-0.39, 0.29) is 17.3 Å². The summed E-state index contributed by atoms with van der Waals surface area (Å²) < 4.78 is 11.9. The van der Waals surface area contributed by atoms with Crippen LogP contribution in [0.15, 0.2) is 12.1 Å². The van der Waals surface area contributed by atoms with Gasteiger partial charge in [-0.1, -0.05) is 13.0 Å². The first-order valence-corrected chi connectivity index (χ1v) is 9.03. The average Bonchev–Trinajstić information content (AvgIpc) is 2.91. The Kier molecular flexibility index (Phi) is 3.64. The Balaban J connectivity index is 1.94. The van der Waals surface area contributed by atoms with E-state index in [4.69, 9.17) is 9.47 Å². The van der Waals surface area contributed by atoms with Crippen LogP contribution in [0.5, 0.6) is 11.5 Å². The highest BCUT2D eigenvalue weighted by Gasteiger charge is 2.62. The maximum absolute atomic E-state index is 12.8. The number of methoxy groups -OCH3 is 1. The van der Waals surface area contributed by atoms with Gasteiger partial charge >= 0.3 is 0 Å². The van der Waals surface area contributed by atoms with E-state index in [1.807, 2.05) is 6.07 Å². The van der Waals surface area contributed by atoms with E-state index >= 15 is 0 Å². The standard InChI is InChI=1S/C20H27NO3/c1-12-11-13-5-8-16(23-4)18-17(13)20(9-10-21(2)3)14(12)6-7-15(22)19(20)24-18/h5,8,12,14,19H,6-7,9-11H2,1-4H3/t12?,14?,19?,20-/m1/s1. The van der Waals surface area contributed by atoms with Crippen LogP contribution in [-0.2, 0) is 16.6 Å². The zero-order valence-corrected chi connectivity index (χ0v) is 15.1. The summed E-state index contributed by atoms with van der Waals surface area (Å²) in [4.78, 5) is 15.0. The van der Waals surface area contributed by atoms with Gasteiger partial charge in [0.15, 0.2) is 23.4 Å². The molecule has 1 aromatic carbocycles. The molecule has 0 aromatic heterocycles. The number of hydrogen-bond acceptors (Lipinski definition) is 4. The third-order valence-electron chi connectivity index (χ3n) is 6.45. The lowest BCUT2D eigenvalue weighted by Gasteiger charge is -2.50. The molecule has 3 unspecified atom stereocenters. The molecule has 2 aliphatic carbocycles. The lowest BCUT2D eigenvalue weighted by Crippen LogP contribution is -2.57. The number of carbonyl (C=O) groups is 1. The number of Topliss-reactive ketones (excluding diaryl/α,β-unsaturated/α-hetero) is 1. The molecular formula is C20H27NO3. The Labute approximate surface area is 144 Å². The molecule has 3 aliphatic rings. The Morgan fingerprint density at radius 1 is 1.38 bits per heavy atom. The quantitative estimate of drug-likeness (QED) is 0.851. The van der Waals surface area contributed by atoms with Crippen molar-refractivity contribution >= 4 is 5.78 Å². The van der Waals surface area contributed by atoms with Crippen molar-refractivity contribution in [2.45, 2.75) is 44.1 Å². The Morgan fingerprint density at radius 3 is 2.88 bits per heavy atom. The van der Waals surface area contributed by atoms with E-state index in [2.05, 4.69) is 32.0 Å². The largest absolute Gasteiger partial charge is 0.493 e. The summed E-state index contributed by atoms with van der Waals surface area (Å²) in [6.07, 6.45) is 3.35. The first kappa shape index (κ1) is 15.9. The molecule has 1 aliphatic heterocycles. The minimum Gasteiger partial charge on any atom is -0.493 e. The molecule has 0 spiro atoms. The third kappa shape index (κ3) is 1.98. The monoisotopic (exact) mass is 329 g/mol. The van der Waals surface area contributed by atoms with Crippen molar-refractivity contribution in [3.8, 4) is 11.5 Å². The zero-order valence-electron chi connectivity index (χ0n) is 15.1. The van der Waals surface area contributed by atoms with Crippen molar-refractivity contribution in [2.75, 3.05) is 27.7 Å². The maximum atomic E-state index is 12.8. The van der Waals surface area contributed by atoms with Gasteiger partial charge in [-0.2, -0.15) is 0 Å². The van der Waals surface area contributed by atoms with Gasteiger partial charge in [0.2, 0.25) is 0 Å². The van der Waals surface area contributed by atoms with E-state index in [0.717, 1.165) is 37.3 Å². The van der Waals surface area contributed by atoms with Crippen LogP contribution in [0.4, 0.5) is 0 Å². The summed E-state index contributed by atoms with van der Waals surface area (Å²) in [6, 6.07) is 4.19. The predicted molar refractivity (Wildman–Crippen MR) is 92.9 cm³/mol. The Hall–Kier alpha value is -1.55. The molecule has 130 valence electrons. The molecule has 24 heavy (non-hydrogen) atoms. The van der Waals surface area contributed by atoms with E-state index < -0.39 is 0 Å². The van der Waals surface area contributed by atoms with Crippen LogP contribution in [0, 0.1) is 11.8 Å². The lowest BCUT2D eigenvalue weighted by atomic mass is 9.52. The summed E-state index contributed by atoms with van der Waals surface area (Å²) in [6.45, 7) is 3.31. The highest BCUT2D eigenvalue weighted by molar-refractivity contribution is 5.89. The van der Waals surface area contributed by atoms with Gasteiger partial charge in [-0.05, 0) is 63.4 Å². The average molecular weight is 329 g/mol. The second-order valence-corrected chi connectivity index (χ2v) is 8.02. The highest BCUT2D eigenvalue weighted by Crippen LogP contribution is 2.62. The molecule has 0 N–H and O–H groups in total. The van der Waals surface area contributed by atoms with Crippen molar-refractivity contribution in [2.24, 2.45) is 11.8 Å². The van der Waals surface area contributed by atoms with Crippen molar-refractivity contribution in [3.63, 3.8) is 0 Å². The Morgan fingerprint density at radius 2 is 2.17 bits per heavy atom. The molecule has 0 amide bonds. The molecule has 4 nitrogen and oxygen atoms in total. The molecule has 0 bridgehead atoms. The van der Waals surface area contributed by atoms with Crippen molar-refractivity contribution in [1.29, 1.82) is 0 Å². The Bertz CT molecular complexity index is 684. The van der Waals surface area contributed by atoms with Gasteiger partial charge in [0, 0.05) is 17.4 Å². The summed E-state index contributed by atoms with van der Waals surface area (Å²) in [5.74, 6) is 2.97. The van der Waals surface area contributed by atoms with Gasteiger partial charge in [-0.3, -0.25) is 4.79 Å². The SMILES string of the molecule is COc1ccc2c3c1OC1C(=O)CCC(C(C)C2)[C@]31CCN(C)C. The van der Waals surface area contributed by atoms with E-state index in [0.29, 0.717) is 18.3 Å². The van der Waals surface area contributed by atoms with Crippen LogP contribution in [0.25, 0.3) is 0 Å². The number of carbonyl (C=O) groups excluding carboxylic acids is 1. The summed E-state index contributed by atoms with van der Waals surface area (Å²) in [5.41, 5.74) is 2.46. The van der Waals surface area contributed by atoms with E-state index in [1.165, 1.54) is 11.1 Å². The molecule has 1 heterocycles. The lowest BCUT2D eigenvalue weighted by molar-refractivity contribution is -0.134. The third-order valence-corrected chi connectivity index (χ3v) is 6.45. The van der Waals surface area contributed by atoms with E-state index in [9.17, 15) is 4.79 Å². The van der Waals surface area contributed by atoms with Gasteiger partial charge in [-0.25, -0.2) is 0 Å². The van der Waals surface area contributed by atoms with Gasteiger partial charge in [0.05, 0.1) is 7.11 Å². The minimum absolute atomic E-state index is 0.170. The second kappa shape index (κ2) is 5.48. The van der Waals surface area contributed by atoms with Crippen LogP contribution in [0.3, 0.4) is 0 Å². The zero-order chi connectivity index (χ0) is 17.1. The molecule has 1 fully saturated rings. The fraction of sp³-hybridized carbons (Fsp3) is 0.650. The normalized spacial score (nSPS) is 33.4. The van der Waals surface area contributed by atoms with Crippen LogP contribution in [0.2, 0.25) is 0 Å². The van der Waals surface area contributed by atoms with Gasteiger partial charge < -0.3 is 14.4 Å². The van der Waals surface area contributed by atoms with Crippen LogP contribution in [-0.4, -0.2) is 44.5 Å². The molecule has 1 aromatic rings. The molecule has 0 radical (unpaired) electrons. The van der Waals surface area contributed by atoms with Crippen molar-refractivity contribution in [3.05, 3.63) is 23.3 Å². The smallest absolute Gasteiger partial charge is 0.174 e. The molecule has 0 saturated heterocycles. The predicted octanol–water partition coefficient (Wildman–Crippen LogP) is 2.82. The van der Waals surface area contributed by atoms with Gasteiger partial charge in [0.1, 0.15) is 0 Å². The highest BCUT2D eigenvalue weighted by atomic mass is 16.5. The molecule has 4 rings (SSSR count). The first-order chi connectivity index (χ1) is 11.5. The number of rotatable bonds is 4. The first-order valence-electron chi connectivity index (χ1n) is 9.03. The summed E-state index contributed by atoms with van der Waals surface area (Å²) in [5, 5.41) is 0.